The Balaban J connectivity index is 2.00. The molecule has 0 unspecified atom stereocenters. The van der Waals surface area contributed by atoms with Crippen molar-refractivity contribution >= 4 is 12.6 Å². The third-order valence-electron chi connectivity index (χ3n) is 2.43. The number of benzene rings is 1. The highest BCUT2D eigenvalue weighted by atomic mass is 19.1. The topological polar surface area (TPSA) is 58.9 Å². The summed E-state index contributed by atoms with van der Waals surface area (Å²) < 4.78 is 23.5. The first-order valence-electron chi connectivity index (χ1n) is 5.00. The Morgan fingerprint density at radius 3 is 2.75 bits per heavy atom. The summed E-state index contributed by atoms with van der Waals surface area (Å²) in [5.41, 5.74) is 0.572. The van der Waals surface area contributed by atoms with Crippen LogP contribution >= 0.6 is 0 Å². The van der Waals surface area contributed by atoms with Crippen molar-refractivity contribution < 1.29 is 23.9 Å². The monoisotopic (exact) mass is 226 g/mol. The molecule has 0 atom stereocenters. The van der Waals surface area contributed by atoms with Gasteiger partial charge in [0.1, 0.15) is 11.9 Å². The third kappa shape index (κ3) is 2.59. The van der Waals surface area contributed by atoms with Crippen molar-refractivity contribution in [3.05, 3.63) is 29.6 Å². The molecule has 1 fully saturated rings. The molecule has 1 aliphatic rings. The van der Waals surface area contributed by atoms with Crippen molar-refractivity contribution in [3.63, 3.8) is 0 Å². The van der Waals surface area contributed by atoms with E-state index in [4.69, 9.17) is 19.5 Å². The van der Waals surface area contributed by atoms with Crippen LogP contribution in [0.3, 0.4) is 0 Å². The molecule has 0 amide bonds. The smallest absolute Gasteiger partial charge is 0.423 e. The van der Waals surface area contributed by atoms with E-state index in [9.17, 15) is 4.39 Å². The molecule has 4 nitrogen and oxygen atoms in total. The van der Waals surface area contributed by atoms with Gasteiger partial charge in [0.15, 0.2) is 0 Å². The largest absolute Gasteiger partial charge is 0.491 e. The van der Waals surface area contributed by atoms with Crippen LogP contribution in [-0.4, -0.2) is 36.5 Å². The van der Waals surface area contributed by atoms with Gasteiger partial charge in [-0.05, 0) is 11.6 Å². The summed E-state index contributed by atoms with van der Waals surface area (Å²) >= 11 is 0. The molecule has 16 heavy (non-hydrogen) atoms. The van der Waals surface area contributed by atoms with Gasteiger partial charge in [0.05, 0.1) is 19.8 Å². The molecule has 0 spiro atoms. The van der Waals surface area contributed by atoms with Gasteiger partial charge >= 0.3 is 7.12 Å². The zero-order chi connectivity index (χ0) is 11.5. The van der Waals surface area contributed by atoms with Crippen LogP contribution in [0, 0.1) is 5.82 Å². The fourth-order valence-corrected chi connectivity index (χ4v) is 1.41. The second kappa shape index (κ2) is 4.92. The molecule has 6 heteroatoms. The molecular formula is C10H12BFO4. The van der Waals surface area contributed by atoms with E-state index in [0.29, 0.717) is 25.4 Å². The highest BCUT2D eigenvalue weighted by Crippen LogP contribution is 2.10. The quantitative estimate of drug-likeness (QED) is 0.674. The Morgan fingerprint density at radius 2 is 2.19 bits per heavy atom. The summed E-state index contributed by atoms with van der Waals surface area (Å²) in [4.78, 5) is 0. The Hall–Kier alpha value is -0.945. The fourth-order valence-electron chi connectivity index (χ4n) is 1.41. The number of halogens is 1. The number of hydrogen-bond acceptors (Lipinski definition) is 4. The third-order valence-corrected chi connectivity index (χ3v) is 2.43. The predicted octanol–water partition coefficient (Wildman–Crippen LogP) is -0.579. The van der Waals surface area contributed by atoms with Gasteiger partial charge in [-0.1, -0.05) is 12.1 Å². The van der Waals surface area contributed by atoms with Crippen LogP contribution in [0.1, 0.15) is 5.56 Å². The van der Waals surface area contributed by atoms with E-state index in [1.165, 1.54) is 12.1 Å². The average Bonchev–Trinajstić information content (AvgIpc) is 2.17. The number of hydrogen-bond donors (Lipinski definition) is 2. The molecule has 1 aliphatic heterocycles. The Morgan fingerprint density at radius 1 is 1.44 bits per heavy atom. The molecule has 0 radical (unpaired) electrons. The van der Waals surface area contributed by atoms with Gasteiger partial charge in [-0.25, -0.2) is 4.39 Å². The van der Waals surface area contributed by atoms with E-state index in [0.717, 1.165) is 0 Å². The van der Waals surface area contributed by atoms with Gasteiger partial charge in [-0.3, -0.25) is 0 Å². The molecule has 2 rings (SSSR count). The van der Waals surface area contributed by atoms with Crippen LogP contribution in [0.5, 0.6) is 0 Å². The van der Waals surface area contributed by atoms with Gasteiger partial charge in [-0.15, -0.1) is 0 Å². The van der Waals surface area contributed by atoms with Gasteiger partial charge in [0.2, 0.25) is 0 Å². The minimum Gasteiger partial charge on any atom is -0.423 e. The van der Waals surface area contributed by atoms with Crippen LogP contribution < -0.4 is 5.46 Å². The molecule has 86 valence electrons. The lowest BCUT2D eigenvalue weighted by Gasteiger charge is -2.26. The maximum Gasteiger partial charge on any atom is 0.491 e. The Labute approximate surface area is 92.8 Å². The molecular weight excluding hydrogens is 214 g/mol. The SMILES string of the molecule is OB(O)c1cc(COC2COC2)ccc1F. The van der Waals surface area contributed by atoms with Crippen LogP contribution in [0.15, 0.2) is 18.2 Å². The van der Waals surface area contributed by atoms with Gasteiger partial charge in [0.25, 0.3) is 0 Å². The standard InChI is InChI=1S/C10H12BFO4/c12-10-2-1-7(3-9(10)11(13)14)4-16-8-5-15-6-8/h1-3,8,13-14H,4-6H2. The minimum atomic E-state index is -1.80. The molecule has 0 aliphatic carbocycles. The van der Waals surface area contributed by atoms with E-state index >= 15 is 0 Å². The first-order chi connectivity index (χ1) is 7.66. The molecule has 0 saturated carbocycles. The van der Waals surface area contributed by atoms with Crippen LogP contribution in [0.25, 0.3) is 0 Å². The van der Waals surface area contributed by atoms with Crippen molar-refractivity contribution in [2.75, 3.05) is 13.2 Å². The van der Waals surface area contributed by atoms with Gasteiger partial charge < -0.3 is 19.5 Å². The Kier molecular flexibility index (Phi) is 3.55. The maximum atomic E-state index is 13.1. The summed E-state index contributed by atoms with van der Waals surface area (Å²) in [5, 5.41) is 17.8. The lowest BCUT2D eigenvalue weighted by atomic mass is 9.79. The molecule has 0 aromatic heterocycles. The van der Waals surface area contributed by atoms with Crippen molar-refractivity contribution in [1.82, 2.24) is 0 Å². The lowest BCUT2D eigenvalue weighted by molar-refractivity contribution is -0.135. The zero-order valence-corrected chi connectivity index (χ0v) is 8.60. The summed E-state index contributed by atoms with van der Waals surface area (Å²) in [7, 11) is -1.80. The predicted molar refractivity (Wildman–Crippen MR) is 55.6 cm³/mol. The second-order valence-electron chi connectivity index (χ2n) is 3.70. The molecule has 1 heterocycles. The van der Waals surface area contributed by atoms with Crippen molar-refractivity contribution in [3.8, 4) is 0 Å². The van der Waals surface area contributed by atoms with E-state index in [1.807, 2.05) is 0 Å². The van der Waals surface area contributed by atoms with E-state index in [-0.39, 0.29) is 11.6 Å². The second-order valence-corrected chi connectivity index (χ2v) is 3.70. The molecule has 0 bridgehead atoms. The molecule has 1 aromatic carbocycles. The number of rotatable bonds is 4. The molecule has 1 saturated heterocycles. The van der Waals surface area contributed by atoms with E-state index in [2.05, 4.69) is 0 Å². The number of ether oxygens (including phenoxy) is 2. The molecule has 2 N–H and O–H groups in total. The highest BCUT2D eigenvalue weighted by molar-refractivity contribution is 6.58. The Bertz CT molecular complexity index is 368. The van der Waals surface area contributed by atoms with Gasteiger partial charge in [0, 0.05) is 5.46 Å². The van der Waals surface area contributed by atoms with Gasteiger partial charge in [-0.2, -0.15) is 0 Å². The zero-order valence-electron chi connectivity index (χ0n) is 8.60. The van der Waals surface area contributed by atoms with Crippen molar-refractivity contribution in [2.45, 2.75) is 12.7 Å². The summed E-state index contributed by atoms with van der Waals surface area (Å²) in [6.07, 6.45) is 0.0903. The lowest BCUT2D eigenvalue weighted by Crippen LogP contribution is -2.36. The van der Waals surface area contributed by atoms with E-state index < -0.39 is 12.9 Å². The summed E-state index contributed by atoms with van der Waals surface area (Å²) in [6, 6.07) is 4.14. The highest BCUT2D eigenvalue weighted by Gasteiger charge is 2.20. The van der Waals surface area contributed by atoms with Crippen LogP contribution in [0.4, 0.5) is 4.39 Å². The minimum absolute atomic E-state index is 0.0903. The first-order valence-corrected chi connectivity index (χ1v) is 5.00. The van der Waals surface area contributed by atoms with Crippen molar-refractivity contribution in [1.29, 1.82) is 0 Å². The maximum absolute atomic E-state index is 13.1. The molecule has 1 aromatic rings. The van der Waals surface area contributed by atoms with Crippen LogP contribution in [0.2, 0.25) is 0 Å². The average molecular weight is 226 g/mol. The van der Waals surface area contributed by atoms with Crippen molar-refractivity contribution in [2.24, 2.45) is 0 Å². The summed E-state index contributed by atoms with van der Waals surface area (Å²) in [5.74, 6) is -0.634. The normalized spacial score (nSPS) is 15.9. The fraction of sp³-hybridized carbons (Fsp3) is 0.400. The van der Waals surface area contributed by atoms with E-state index in [1.54, 1.807) is 6.07 Å². The first kappa shape index (κ1) is 11.5. The van der Waals surface area contributed by atoms with Crippen LogP contribution in [-0.2, 0) is 16.1 Å². The summed E-state index contributed by atoms with van der Waals surface area (Å²) in [6.45, 7) is 1.47.